The van der Waals surface area contributed by atoms with Gasteiger partial charge in [-0.25, -0.2) is 14.8 Å². The molecule has 0 bridgehead atoms. The minimum Gasteiger partial charge on any atom is -0.493 e. The van der Waals surface area contributed by atoms with E-state index < -0.39 is 24.6 Å². The van der Waals surface area contributed by atoms with E-state index in [0.717, 1.165) is 61.4 Å². The molecule has 0 saturated carbocycles. The Morgan fingerprint density at radius 1 is 0.594 bits per heavy atom. The maximum absolute atomic E-state index is 12.5. The van der Waals surface area contributed by atoms with Gasteiger partial charge in [0, 0.05) is 37.1 Å². The van der Waals surface area contributed by atoms with Gasteiger partial charge in [0.1, 0.15) is 36.2 Å². The summed E-state index contributed by atoms with van der Waals surface area (Å²) in [4.78, 5) is 44.6. The topological polar surface area (TPSA) is 187 Å². The minimum absolute atomic E-state index is 0.0553. The van der Waals surface area contributed by atoms with Gasteiger partial charge < -0.3 is 38.6 Å². The van der Waals surface area contributed by atoms with Gasteiger partial charge >= 0.3 is 18.0 Å². The van der Waals surface area contributed by atoms with Crippen molar-refractivity contribution in [2.75, 3.05) is 26.3 Å². The number of hydrogen-bond donors (Lipinski definition) is 3. The fraction of sp³-hybridized carbons (Fsp3) is 0.220. The third-order valence-electron chi connectivity index (χ3n) is 9.66. The maximum Gasteiger partial charge on any atom is 0.410 e. The smallest absolute Gasteiger partial charge is 0.410 e. The van der Waals surface area contributed by atoms with Crippen molar-refractivity contribution in [1.29, 1.82) is 0 Å². The number of nitrogens with zero attached hydrogens (tertiary/aromatic N) is 3. The van der Waals surface area contributed by atoms with Gasteiger partial charge in [0.15, 0.2) is 0 Å². The zero-order valence-corrected chi connectivity index (χ0v) is 35.6. The van der Waals surface area contributed by atoms with Crippen LogP contribution in [0, 0.1) is 13.8 Å². The second-order valence-electron chi connectivity index (χ2n) is 14.5. The summed E-state index contributed by atoms with van der Waals surface area (Å²) in [6, 6.07) is 43.5. The van der Waals surface area contributed by atoms with Crippen molar-refractivity contribution in [3.8, 4) is 34.4 Å². The lowest BCUT2D eigenvalue weighted by Gasteiger charge is -2.20. The number of carbonyl (C=O) groups is 3. The molecule has 0 saturated heterocycles. The molecule has 0 aliphatic rings. The van der Waals surface area contributed by atoms with Crippen LogP contribution in [0.2, 0.25) is 0 Å². The molecule has 2 heterocycles. The van der Waals surface area contributed by atoms with Crippen molar-refractivity contribution in [2.45, 2.75) is 46.4 Å². The number of benzene rings is 5. The monoisotopic (exact) mass is 866 g/mol. The van der Waals surface area contributed by atoms with E-state index in [9.17, 15) is 19.5 Å². The molecule has 1 amide bonds. The molecule has 330 valence electrons. The summed E-state index contributed by atoms with van der Waals surface area (Å²) in [6.45, 7) is 4.86. The van der Waals surface area contributed by atoms with E-state index in [-0.39, 0.29) is 19.7 Å². The Kier molecular flexibility index (Phi) is 16.8. The first-order valence-electron chi connectivity index (χ1n) is 20.7. The molecule has 7 rings (SSSR count). The van der Waals surface area contributed by atoms with Gasteiger partial charge in [0.2, 0.25) is 11.8 Å². The Labute approximate surface area is 371 Å². The van der Waals surface area contributed by atoms with Gasteiger partial charge in [-0.15, -0.1) is 0 Å². The van der Waals surface area contributed by atoms with Crippen molar-refractivity contribution >= 4 is 18.0 Å². The second kappa shape index (κ2) is 23.5. The standard InChI is InChI=1S/C29H28N2O6.C21H22N2O4/c1-21-26(30-28(37-21)24-10-6-3-7-11-24)16-17-35-25-14-12-22(13-15-25)18-31(19-27(32)33)29(34)36-20-23-8-4-2-5-9-23;1-15-19(23-21(27-15)17-5-3-2-4-6-17)11-12-26-18-9-7-16(8-10-18)13-22-14-20(24)25/h2-15H,16-20H2,1H3,(H,32,33);2-10,22H,11-14H2,1H3,(H,24,25). The van der Waals surface area contributed by atoms with Gasteiger partial charge in [-0.3, -0.25) is 14.5 Å². The van der Waals surface area contributed by atoms with Crippen LogP contribution >= 0.6 is 0 Å². The lowest BCUT2D eigenvalue weighted by molar-refractivity contribution is -0.138. The number of nitrogens with one attached hydrogen (secondary N) is 1. The third kappa shape index (κ3) is 14.5. The lowest BCUT2D eigenvalue weighted by Crippen LogP contribution is -2.35. The van der Waals surface area contributed by atoms with Crippen molar-refractivity contribution in [3.05, 3.63) is 179 Å². The molecule has 14 heteroatoms. The van der Waals surface area contributed by atoms with Crippen LogP contribution in [0.25, 0.3) is 22.9 Å². The van der Waals surface area contributed by atoms with E-state index in [1.54, 1.807) is 24.3 Å². The average Bonchev–Trinajstić information content (AvgIpc) is 3.88. The average molecular weight is 867 g/mol. The Hall–Kier alpha value is -7.71. The Morgan fingerprint density at radius 2 is 1.06 bits per heavy atom. The molecule has 0 radical (unpaired) electrons. The Bertz CT molecular complexity index is 2530. The number of aryl methyl sites for hydroxylation is 2. The van der Waals surface area contributed by atoms with Crippen LogP contribution in [0.15, 0.2) is 148 Å². The van der Waals surface area contributed by atoms with E-state index in [0.29, 0.717) is 50.1 Å². The zero-order valence-electron chi connectivity index (χ0n) is 35.6. The van der Waals surface area contributed by atoms with E-state index in [1.807, 2.05) is 129 Å². The highest BCUT2D eigenvalue weighted by atomic mass is 16.6. The fourth-order valence-corrected chi connectivity index (χ4v) is 6.35. The molecule has 7 aromatic rings. The fourth-order valence-electron chi connectivity index (χ4n) is 6.35. The number of hydrogen-bond acceptors (Lipinski definition) is 11. The van der Waals surface area contributed by atoms with Crippen LogP contribution < -0.4 is 14.8 Å². The summed E-state index contributed by atoms with van der Waals surface area (Å²) in [6.07, 6.45) is 0.553. The number of rotatable bonds is 20. The van der Waals surface area contributed by atoms with E-state index in [1.165, 1.54) is 0 Å². The SMILES string of the molecule is Cc1oc(-c2ccccc2)nc1CCOc1ccc(CN(CC(=O)O)C(=O)OCc2ccccc2)cc1.Cc1oc(-c2ccccc2)nc1CCOc1ccc(CNCC(=O)O)cc1. The first-order chi connectivity index (χ1) is 31.1. The van der Waals surface area contributed by atoms with Crippen LogP contribution in [0.4, 0.5) is 4.79 Å². The number of carboxylic acid groups (broad SMARTS) is 2. The van der Waals surface area contributed by atoms with Gasteiger partial charge in [0.05, 0.1) is 31.1 Å². The number of ether oxygens (including phenoxy) is 3. The van der Waals surface area contributed by atoms with E-state index in [4.69, 9.17) is 28.2 Å². The molecule has 0 aliphatic carbocycles. The molecule has 0 fully saturated rings. The van der Waals surface area contributed by atoms with Crippen molar-refractivity contribution < 1.29 is 47.6 Å². The Balaban J connectivity index is 0.000000223. The number of carbonyl (C=O) groups excluding carboxylic acids is 1. The van der Waals surface area contributed by atoms with E-state index >= 15 is 0 Å². The number of aromatic nitrogens is 2. The first-order valence-corrected chi connectivity index (χ1v) is 20.7. The van der Waals surface area contributed by atoms with E-state index in [2.05, 4.69) is 15.3 Å². The molecule has 0 unspecified atom stereocenters. The molecular weight excluding hydrogens is 817 g/mol. The van der Waals surface area contributed by atoms with Crippen LogP contribution in [0.5, 0.6) is 11.5 Å². The maximum atomic E-state index is 12.5. The molecule has 2 aromatic heterocycles. The summed E-state index contributed by atoms with van der Waals surface area (Å²) in [5, 5.41) is 20.7. The molecular formula is C50H50N4O10. The molecule has 0 aliphatic heterocycles. The normalized spacial score (nSPS) is 10.7. The lowest BCUT2D eigenvalue weighted by atomic mass is 10.2. The number of amides is 1. The van der Waals surface area contributed by atoms with Crippen LogP contribution in [0.3, 0.4) is 0 Å². The number of carboxylic acids is 2. The minimum atomic E-state index is -1.12. The van der Waals surface area contributed by atoms with Gasteiger partial charge in [-0.05, 0) is 79.1 Å². The molecule has 0 atom stereocenters. The highest BCUT2D eigenvalue weighted by molar-refractivity contribution is 5.76. The van der Waals surface area contributed by atoms with Crippen LogP contribution in [0.1, 0.15) is 39.6 Å². The highest BCUT2D eigenvalue weighted by Crippen LogP contribution is 2.24. The van der Waals surface area contributed by atoms with Crippen molar-refractivity contribution in [3.63, 3.8) is 0 Å². The molecule has 14 nitrogen and oxygen atoms in total. The second-order valence-corrected chi connectivity index (χ2v) is 14.5. The Morgan fingerprint density at radius 3 is 1.53 bits per heavy atom. The van der Waals surface area contributed by atoms with Gasteiger partial charge in [-0.1, -0.05) is 91.0 Å². The molecule has 0 spiro atoms. The first kappa shape index (κ1) is 45.8. The quantitative estimate of drug-likeness (QED) is 0.0660. The summed E-state index contributed by atoms with van der Waals surface area (Å²) >= 11 is 0. The summed E-state index contributed by atoms with van der Waals surface area (Å²) < 4.78 is 28.5. The summed E-state index contributed by atoms with van der Waals surface area (Å²) in [5.41, 5.74) is 6.20. The number of aliphatic carboxylic acids is 2. The largest absolute Gasteiger partial charge is 0.493 e. The van der Waals surface area contributed by atoms with Crippen molar-refractivity contribution in [1.82, 2.24) is 20.2 Å². The van der Waals surface area contributed by atoms with Gasteiger partial charge in [0.25, 0.3) is 0 Å². The summed E-state index contributed by atoms with van der Waals surface area (Å²) in [7, 11) is 0. The van der Waals surface area contributed by atoms with Crippen LogP contribution in [-0.4, -0.2) is 69.4 Å². The molecule has 5 aromatic carbocycles. The predicted molar refractivity (Wildman–Crippen MR) is 239 cm³/mol. The highest BCUT2D eigenvalue weighted by Gasteiger charge is 2.19. The zero-order chi connectivity index (χ0) is 45.1. The summed E-state index contributed by atoms with van der Waals surface area (Å²) in [5.74, 6) is 2.22. The third-order valence-corrected chi connectivity index (χ3v) is 9.66. The van der Waals surface area contributed by atoms with Crippen LogP contribution in [-0.2, 0) is 46.9 Å². The predicted octanol–water partition coefficient (Wildman–Crippen LogP) is 8.94. The molecule has 64 heavy (non-hydrogen) atoms. The van der Waals surface area contributed by atoms with Crippen molar-refractivity contribution in [2.24, 2.45) is 0 Å². The van der Waals surface area contributed by atoms with Gasteiger partial charge in [-0.2, -0.15) is 0 Å². The number of oxazole rings is 2. The molecule has 3 N–H and O–H groups in total.